The van der Waals surface area contributed by atoms with E-state index >= 15 is 0 Å². The van der Waals surface area contributed by atoms with Crippen LogP contribution in [-0.2, 0) is 16.6 Å². The number of unbranched alkanes of at least 4 members (excludes halogenated alkanes) is 1. The standard InChI is InChI=1S/C12H20N2O3S/c1-17-12-6-4-11(5-7-12)10-14-18(15,16)9-3-2-8-13/h4-7,14H,2-3,8-10,13H2,1H3. The molecule has 0 aliphatic heterocycles. The number of sulfonamides is 1. The Morgan fingerprint density at radius 1 is 1.22 bits per heavy atom. The van der Waals surface area contributed by atoms with E-state index in [1.165, 1.54) is 0 Å². The fourth-order valence-corrected chi connectivity index (χ4v) is 2.56. The van der Waals surface area contributed by atoms with Gasteiger partial charge in [0, 0.05) is 6.54 Å². The number of hydrogen-bond donors (Lipinski definition) is 2. The van der Waals surface area contributed by atoms with Gasteiger partial charge in [0.05, 0.1) is 12.9 Å². The highest BCUT2D eigenvalue weighted by molar-refractivity contribution is 7.89. The number of methoxy groups -OCH3 is 1. The fourth-order valence-electron chi connectivity index (χ4n) is 1.45. The maximum Gasteiger partial charge on any atom is 0.211 e. The summed E-state index contributed by atoms with van der Waals surface area (Å²) in [6.45, 7) is 0.822. The van der Waals surface area contributed by atoms with E-state index in [1.54, 1.807) is 19.2 Å². The molecule has 18 heavy (non-hydrogen) atoms. The third-order valence-electron chi connectivity index (χ3n) is 2.52. The van der Waals surface area contributed by atoms with E-state index in [-0.39, 0.29) is 5.75 Å². The lowest BCUT2D eigenvalue weighted by atomic mass is 10.2. The normalized spacial score (nSPS) is 11.4. The van der Waals surface area contributed by atoms with E-state index in [9.17, 15) is 8.42 Å². The molecule has 0 saturated carbocycles. The van der Waals surface area contributed by atoms with Crippen molar-refractivity contribution in [2.75, 3.05) is 19.4 Å². The summed E-state index contributed by atoms with van der Waals surface area (Å²) in [5.74, 6) is 0.880. The Hall–Kier alpha value is -1.11. The number of benzene rings is 1. The van der Waals surface area contributed by atoms with E-state index in [4.69, 9.17) is 10.5 Å². The zero-order valence-electron chi connectivity index (χ0n) is 10.6. The molecule has 0 radical (unpaired) electrons. The van der Waals surface area contributed by atoms with Crippen molar-refractivity contribution in [1.29, 1.82) is 0 Å². The van der Waals surface area contributed by atoms with E-state index in [1.807, 2.05) is 12.1 Å². The lowest BCUT2D eigenvalue weighted by Gasteiger charge is -2.07. The smallest absolute Gasteiger partial charge is 0.211 e. The Kier molecular flexibility index (Phi) is 6.11. The van der Waals surface area contributed by atoms with Gasteiger partial charge >= 0.3 is 0 Å². The molecule has 0 bridgehead atoms. The van der Waals surface area contributed by atoms with Gasteiger partial charge in [0.2, 0.25) is 10.0 Å². The molecular formula is C12H20N2O3S. The summed E-state index contributed by atoms with van der Waals surface area (Å²) in [5.41, 5.74) is 6.22. The Morgan fingerprint density at radius 2 is 1.89 bits per heavy atom. The lowest BCUT2D eigenvalue weighted by Crippen LogP contribution is -2.26. The zero-order valence-corrected chi connectivity index (χ0v) is 11.4. The maximum atomic E-state index is 11.6. The van der Waals surface area contributed by atoms with Crippen molar-refractivity contribution < 1.29 is 13.2 Å². The molecule has 0 amide bonds. The Balaban J connectivity index is 2.43. The molecule has 0 spiro atoms. The molecule has 3 N–H and O–H groups in total. The molecule has 0 heterocycles. The van der Waals surface area contributed by atoms with E-state index in [0.717, 1.165) is 17.7 Å². The van der Waals surface area contributed by atoms with Gasteiger partial charge < -0.3 is 10.5 Å². The molecule has 0 unspecified atom stereocenters. The Morgan fingerprint density at radius 3 is 2.44 bits per heavy atom. The minimum atomic E-state index is -3.20. The highest BCUT2D eigenvalue weighted by Crippen LogP contribution is 2.11. The summed E-state index contributed by atoms with van der Waals surface area (Å²) in [5, 5.41) is 0. The van der Waals surface area contributed by atoms with Crippen molar-refractivity contribution in [2.24, 2.45) is 5.73 Å². The van der Waals surface area contributed by atoms with Crippen LogP contribution in [0.4, 0.5) is 0 Å². The molecule has 0 saturated heterocycles. The first-order valence-corrected chi connectivity index (χ1v) is 7.53. The molecule has 1 aromatic rings. The molecule has 1 rings (SSSR count). The third-order valence-corrected chi connectivity index (χ3v) is 3.93. The maximum absolute atomic E-state index is 11.6. The summed E-state index contributed by atoms with van der Waals surface area (Å²) in [7, 11) is -1.61. The molecule has 0 aromatic heterocycles. The largest absolute Gasteiger partial charge is 0.497 e. The van der Waals surface area contributed by atoms with E-state index in [2.05, 4.69) is 4.72 Å². The average molecular weight is 272 g/mol. The summed E-state index contributed by atoms with van der Waals surface area (Å²) in [6, 6.07) is 7.28. The van der Waals surface area contributed by atoms with Gasteiger partial charge in [-0.15, -0.1) is 0 Å². The van der Waals surface area contributed by atoms with Gasteiger partial charge in [-0.2, -0.15) is 0 Å². The predicted molar refractivity (Wildman–Crippen MR) is 71.9 cm³/mol. The highest BCUT2D eigenvalue weighted by atomic mass is 32.2. The predicted octanol–water partition coefficient (Wildman–Crippen LogP) is 0.854. The minimum absolute atomic E-state index is 0.125. The van der Waals surface area contributed by atoms with Gasteiger partial charge in [0.15, 0.2) is 0 Å². The Bertz CT molecular complexity index is 443. The topological polar surface area (TPSA) is 81.4 Å². The van der Waals surface area contributed by atoms with Gasteiger partial charge in [-0.05, 0) is 37.1 Å². The molecule has 0 atom stereocenters. The molecule has 0 aliphatic carbocycles. The van der Waals surface area contributed by atoms with Gasteiger partial charge in [-0.1, -0.05) is 12.1 Å². The number of ether oxygens (including phenoxy) is 1. The van der Waals surface area contributed by atoms with Gasteiger partial charge in [-0.25, -0.2) is 13.1 Å². The van der Waals surface area contributed by atoms with Crippen molar-refractivity contribution >= 4 is 10.0 Å². The van der Waals surface area contributed by atoms with E-state index < -0.39 is 10.0 Å². The molecule has 1 aromatic carbocycles. The first kappa shape index (κ1) is 14.9. The van der Waals surface area contributed by atoms with Crippen molar-refractivity contribution in [3.05, 3.63) is 29.8 Å². The van der Waals surface area contributed by atoms with Crippen LogP contribution in [-0.4, -0.2) is 27.8 Å². The van der Waals surface area contributed by atoms with Gasteiger partial charge in [0.1, 0.15) is 5.75 Å². The summed E-state index contributed by atoms with van der Waals surface area (Å²) in [4.78, 5) is 0. The first-order valence-electron chi connectivity index (χ1n) is 5.88. The quantitative estimate of drug-likeness (QED) is 0.688. The molecule has 6 heteroatoms. The fraction of sp³-hybridized carbons (Fsp3) is 0.500. The summed E-state index contributed by atoms with van der Waals surface area (Å²) in [6.07, 6.45) is 1.32. The second kappa shape index (κ2) is 7.35. The summed E-state index contributed by atoms with van der Waals surface area (Å²) >= 11 is 0. The number of hydrogen-bond acceptors (Lipinski definition) is 4. The zero-order chi connectivity index (χ0) is 13.4. The van der Waals surface area contributed by atoms with Crippen molar-refractivity contribution in [3.63, 3.8) is 0 Å². The molecular weight excluding hydrogens is 252 g/mol. The van der Waals surface area contributed by atoms with Crippen LogP contribution < -0.4 is 15.2 Å². The molecule has 5 nitrogen and oxygen atoms in total. The van der Waals surface area contributed by atoms with Crippen molar-refractivity contribution in [3.8, 4) is 5.75 Å². The van der Waals surface area contributed by atoms with Crippen LogP contribution in [0.3, 0.4) is 0 Å². The van der Waals surface area contributed by atoms with Gasteiger partial charge in [0.25, 0.3) is 0 Å². The van der Waals surface area contributed by atoms with Crippen LogP contribution >= 0.6 is 0 Å². The molecule has 0 fully saturated rings. The van der Waals surface area contributed by atoms with Crippen LogP contribution in [0.1, 0.15) is 18.4 Å². The monoisotopic (exact) mass is 272 g/mol. The van der Waals surface area contributed by atoms with Crippen molar-refractivity contribution in [1.82, 2.24) is 4.72 Å². The Labute approximate surface area is 108 Å². The van der Waals surface area contributed by atoms with Crippen LogP contribution in [0.25, 0.3) is 0 Å². The minimum Gasteiger partial charge on any atom is -0.497 e. The van der Waals surface area contributed by atoms with Crippen LogP contribution in [0.15, 0.2) is 24.3 Å². The lowest BCUT2D eigenvalue weighted by molar-refractivity contribution is 0.414. The van der Waals surface area contributed by atoms with Crippen molar-refractivity contribution in [2.45, 2.75) is 19.4 Å². The van der Waals surface area contributed by atoms with Gasteiger partial charge in [-0.3, -0.25) is 0 Å². The molecule has 0 aliphatic rings. The second-order valence-electron chi connectivity index (χ2n) is 3.98. The highest BCUT2D eigenvalue weighted by Gasteiger charge is 2.09. The second-order valence-corrected chi connectivity index (χ2v) is 5.91. The molecule has 102 valence electrons. The number of nitrogens with two attached hydrogens (primary N) is 1. The van der Waals surface area contributed by atoms with Crippen LogP contribution in [0.5, 0.6) is 5.75 Å². The average Bonchev–Trinajstić information content (AvgIpc) is 2.37. The SMILES string of the molecule is COc1ccc(CNS(=O)(=O)CCCCN)cc1. The van der Waals surface area contributed by atoms with Crippen LogP contribution in [0, 0.1) is 0 Å². The number of nitrogens with one attached hydrogen (secondary N) is 1. The first-order chi connectivity index (χ1) is 8.57. The number of rotatable bonds is 8. The summed E-state index contributed by atoms with van der Waals surface area (Å²) < 4.78 is 30.8. The third kappa shape index (κ3) is 5.48. The van der Waals surface area contributed by atoms with Crippen LogP contribution in [0.2, 0.25) is 0 Å². The van der Waals surface area contributed by atoms with E-state index in [0.29, 0.717) is 19.5 Å².